The van der Waals surface area contributed by atoms with Gasteiger partial charge in [0.1, 0.15) is 6.04 Å². The van der Waals surface area contributed by atoms with Crippen LogP contribution in [-0.2, 0) is 11.0 Å². The van der Waals surface area contributed by atoms with E-state index in [-0.39, 0.29) is 6.42 Å². The Hall–Kier alpha value is -2.25. The molecule has 0 saturated heterocycles. The number of halogens is 3. The molecule has 0 heterocycles. The molecule has 0 aromatic heterocycles. The molecule has 0 fully saturated rings. The van der Waals surface area contributed by atoms with Gasteiger partial charge in [0.2, 0.25) is 0 Å². The summed E-state index contributed by atoms with van der Waals surface area (Å²) in [4.78, 5) is 22.5. The number of rotatable bonds is 5. The van der Waals surface area contributed by atoms with Gasteiger partial charge in [-0.3, -0.25) is 0 Å². The quantitative estimate of drug-likeness (QED) is 0.782. The van der Waals surface area contributed by atoms with E-state index in [0.717, 1.165) is 12.1 Å². The first-order valence-corrected chi connectivity index (χ1v) is 6.22. The number of hydrogen-bond donors (Lipinski definition) is 3. The van der Waals surface area contributed by atoms with Gasteiger partial charge in [-0.15, -0.1) is 0 Å². The van der Waals surface area contributed by atoms with E-state index in [1.807, 2.05) is 5.32 Å². The molecule has 0 unspecified atom stereocenters. The molecule has 1 rings (SSSR count). The maximum atomic E-state index is 12.7. The third-order valence-corrected chi connectivity index (χ3v) is 2.66. The normalized spacial score (nSPS) is 12.6. The number of anilines is 1. The van der Waals surface area contributed by atoms with Crippen molar-refractivity contribution in [3.05, 3.63) is 29.8 Å². The van der Waals surface area contributed by atoms with Crippen LogP contribution in [-0.4, -0.2) is 23.1 Å². The number of carbonyl (C=O) groups is 2. The molecule has 116 valence electrons. The topological polar surface area (TPSA) is 78.4 Å². The predicted molar refractivity (Wildman–Crippen MR) is 69.9 cm³/mol. The van der Waals surface area contributed by atoms with Gasteiger partial charge >= 0.3 is 18.2 Å². The molecule has 0 spiro atoms. The molecular weight excluding hydrogens is 289 g/mol. The highest BCUT2D eigenvalue weighted by atomic mass is 19.4. The van der Waals surface area contributed by atoms with Gasteiger partial charge in [-0.05, 0) is 18.6 Å². The van der Waals surface area contributed by atoms with Gasteiger partial charge in [0.05, 0.1) is 11.3 Å². The van der Waals surface area contributed by atoms with Crippen LogP contribution in [0.25, 0.3) is 0 Å². The van der Waals surface area contributed by atoms with Crippen LogP contribution in [0, 0.1) is 0 Å². The minimum atomic E-state index is -4.61. The number of para-hydroxylation sites is 1. The Morgan fingerprint density at radius 1 is 1.29 bits per heavy atom. The maximum Gasteiger partial charge on any atom is 0.418 e. The van der Waals surface area contributed by atoms with Crippen LogP contribution in [0.2, 0.25) is 0 Å². The number of benzene rings is 1. The maximum absolute atomic E-state index is 12.7. The van der Waals surface area contributed by atoms with Crippen LogP contribution in [0.1, 0.15) is 25.3 Å². The lowest BCUT2D eigenvalue weighted by Crippen LogP contribution is -2.43. The molecule has 3 N–H and O–H groups in total. The Balaban J connectivity index is 2.82. The van der Waals surface area contributed by atoms with Gasteiger partial charge < -0.3 is 15.7 Å². The van der Waals surface area contributed by atoms with Crippen molar-refractivity contribution in [2.75, 3.05) is 5.32 Å². The summed E-state index contributed by atoms with van der Waals surface area (Å²) in [6.45, 7) is 1.73. The molecule has 1 aromatic rings. The zero-order chi connectivity index (χ0) is 16.0. The molecule has 21 heavy (non-hydrogen) atoms. The van der Waals surface area contributed by atoms with E-state index in [0.29, 0.717) is 6.42 Å². The molecule has 1 atom stereocenters. The predicted octanol–water partition coefficient (Wildman–Crippen LogP) is 3.08. The third kappa shape index (κ3) is 4.97. The summed E-state index contributed by atoms with van der Waals surface area (Å²) in [5.41, 5.74) is -1.43. The number of nitrogens with one attached hydrogen (secondary N) is 2. The van der Waals surface area contributed by atoms with Crippen LogP contribution < -0.4 is 10.6 Å². The number of amides is 2. The first-order chi connectivity index (χ1) is 9.75. The van der Waals surface area contributed by atoms with E-state index < -0.39 is 35.5 Å². The van der Waals surface area contributed by atoms with Gasteiger partial charge in [0, 0.05) is 0 Å². The molecule has 0 aliphatic heterocycles. The number of carboxylic acids is 1. The van der Waals surface area contributed by atoms with Crippen molar-refractivity contribution in [3.63, 3.8) is 0 Å². The first-order valence-electron chi connectivity index (χ1n) is 6.22. The highest BCUT2D eigenvalue weighted by Gasteiger charge is 2.33. The zero-order valence-corrected chi connectivity index (χ0v) is 11.2. The lowest BCUT2D eigenvalue weighted by molar-refractivity contribution is -0.139. The third-order valence-electron chi connectivity index (χ3n) is 2.66. The Bertz CT molecular complexity index is 518. The van der Waals surface area contributed by atoms with Gasteiger partial charge in [0.25, 0.3) is 0 Å². The van der Waals surface area contributed by atoms with Crippen molar-refractivity contribution < 1.29 is 27.9 Å². The number of hydrogen-bond acceptors (Lipinski definition) is 2. The summed E-state index contributed by atoms with van der Waals surface area (Å²) in [6, 6.07) is 2.32. The van der Waals surface area contributed by atoms with Crippen molar-refractivity contribution >= 4 is 17.7 Å². The number of carboxylic acid groups (broad SMARTS) is 1. The Kier molecular flexibility index (Phi) is 5.57. The molecular formula is C13H15F3N2O3. The fourth-order valence-electron chi connectivity index (χ4n) is 1.70. The smallest absolute Gasteiger partial charge is 0.418 e. The summed E-state index contributed by atoms with van der Waals surface area (Å²) in [5.74, 6) is -1.24. The highest BCUT2D eigenvalue weighted by Crippen LogP contribution is 2.34. The van der Waals surface area contributed by atoms with E-state index in [1.165, 1.54) is 12.1 Å². The summed E-state index contributed by atoms with van der Waals surface area (Å²) >= 11 is 0. The minimum Gasteiger partial charge on any atom is -0.480 e. The van der Waals surface area contributed by atoms with Crippen LogP contribution in [0.15, 0.2) is 24.3 Å². The van der Waals surface area contributed by atoms with Crippen LogP contribution in [0.3, 0.4) is 0 Å². The van der Waals surface area contributed by atoms with E-state index in [2.05, 4.69) is 5.32 Å². The van der Waals surface area contributed by atoms with E-state index in [1.54, 1.807) is 6.92 Å². The van der Waals surface area contributed by atoms with Crippen LogP contribution in [0.4, 0.5) is 23.7 Å². The second-order valence-electron chi connectivity index (χ2n) is 4.32. The molecule has 5 nitrogen and oxygen atoms in total. The van der Waals surface area contributed by atoms with Gasteiger partial charge in [-0.25, -0.2) is 9.59 Å². The monoisotopic (exact) mass is 304 g/mol. The van der Waals surface area contributed by atoms with Gasteiger partial charge in [0.15, 0.2) is 0 Å². The van der Waals surface area contributed by atoms with Crippen molar-refractivity contribution in [1.82, 2.24) is 5.32 Å². The van der Waals surface area contributed by atoms with Gasteiger partial charge in [-0.2, -0.15) is 13.2 Å². The number of alkyl halides is 3. The van der Waals surface area contributed by atoms with Crippen molar-refractivity contribution in [3.8, 4) is 0 Å². The van der Waals surface area contributed by atoms with Crippen molar-refractivity contribution in [2.45, 2.75) is 32.0 Å². The molecule has 1 aromatic carbocycles. The fourth-order valence-corrected chi connectivity index (χ4v) is 1.70. The van der Waals surface area contributed by atoms with E-state index in [9.17, 15) is 22.8 Å². The molecule has 0 aliphatic rings. The summed E-state index contributed by atoms with van der Waals surface area (Å²) < 4.78 is 38.2. The van der Waals surface area contributed by atoms with Gasteiger partial charge in [-0.1, -0.05) is 25.5 Å². The lowest BCUT2D eigenvalue weighted by Gasteiger charge is -2.16. The Morgan fingerprint density at radius 3 is 2.43 bits per heavy atom. The van der Waals surface area contributed by atoms with E-state index >= 15 is 0 Å². The Morgan fingerprint density at radius 2 is 1.90 bits per heavy atom. The SMILES string of the molecule is CCC[C@H](NC(=O)Nc1ccccc1C(F)(F)F)C(=O)O. The minimum absolute atomic E-state index is 0.184. The summed E-state index contributed by atoms with van der Waals surface area (Å²) in [6.07, 6.45) is -3.92. The largest absolute Gasteiger partial charge is 0.480 e. The number of carbonyl (C=O) groups excluding carboxylic acids is 1. The second kappa shape index (κ2) is 6.96. The summed E-state index contributed by atoms with van der Waals surface area (Å²) in [7, 11) is 0. The molecule has 2 amide bonds. The van der Waals surface area contributed by atoms with Crippen molar-refractivity contribution in [1.29, 1.82) is 0 Å². The zero-order valence-electron chi connectivity index (χ0n) is 11.2. The molecule has 0 bridgehead atoms. The summed E-state index contributed by atoms with van der Waals surface area (Å²) in [5, 5.41) is 13.0. The average Bonchev–Trinajstić information content (AvgIpc) is 2.37. The van der Waals surface area contributed by atoms with Crippen LogP contribution >= 0.6 is 0 Å². The highest BCUT2D eigenvalue weighted by molar-refractivity contribution is 5.92. The van der Waals surface area contributed by atoms with E-state index in [4.69, 9.17) is 5.11 Å². The first kappa shape index (κ1) is 16.8. The molecule has 8 heteroatoms. The van der Waals surface area contributed by atoms with Crippen LogP contribution in [0.5, 0.6) is 0 Å². The fraction of sp³-hybridized carbons (Fsp3) is 0.385. The average molecular weight is 304 g/mol. The molecule has 0 saturated carbocycles. The molecule has 0 aliphatic carbocycles. The second-order valence-corrected chi connectivity index (χ2v) is 4.32. The standard InChI is InChI=1S/C13H15F3N2O3/c1-2-5-10(11(19)20)18-12(21)17-9-7-4-3-6-8(9)13(14,15)16/h3-4,6-7,10H,2,5H2,1H3,(H,19,20)(H2,17,18,21)/t10-/m0/s1. The Labute approximate surface area is 119 Å². The lowest BCUT2D eigenvalue weighted by atomic mass is 10.1. The number of aliphatic carboxylic acids is 1. The number of urea groups is 1. The molecule has 0 radical (unpaired) electrons. The van der Waals surface area contributed by atoms with Crippen molar-refractivity contribution in [2.24, 2.45) is 0 Å².